The molecule has 1 aliphatic heterocycles. The zero-order chi connectivity index (χ0) is 11.9. The third kappa shape index (κ3) is 1.79. The Bertz CT molecular complexity index is 525. The summed E-state index contributed by atoms with van der Waals surface area (Å²) in [5, 5.41) is 0.541. The van der Waals surface area contributed by atoms with Crippen LogP contribution in [-0.4, -0.2) is 11.8 Å². The number of rotatable bonds is 1. The maximum Gasteiger partial charge on any atom is 0.261 e. The minimum Gasteiger partial charge on any atom is -0.269 e. The average Bonchev–Trinajstić information content (AvgIpc) is 2.43. The lowest BCUT2D eigenvalue weighted by Gasteiger charge is -2.16. The van der Waals surface area contributed by atoms with E-state index in [0.29, 0.717) is 20.8 Å². The van der Waals surface area contributed by atoms with Crippen molar-refractivity contribution >= 4 is 45.0 Å². The molecule has 82 valence electrons. The molecule has 2 amide bonds. The number of anilines is 1. The van der Waals surface area contributed by atoms with E-state index in [1.54, 1.807) is 25.1 Å². The van der Waals surface area contributed by atoms with Gasteiger partial charge < -0.3 is 0 Å². The number of carbonyl (C=O) groups is 2. The molecule has 0 fully saturated rings. The van der Waals surface area contributed by atoms with Gasteiger partial charge >= 0.3 is 0 Å². The highest BCUT2D eigenvalue weighted by atomic mass is 79.9. The van der Waals surface area contributed by atoms with Gasteiger partial charge in [-0.3, -0.25) is 9.59 Å². The lowest BCUT2D eigenvalue weighted by Crippen LogP contribution is -2.30. The van der Waals surface area contributed by atoms with Crippen LogP contribution < -0.4 is 4.90 Å². The highest BCUT2D eigenvalue weighted by Gasteiger charge is 2.30. The van der Waals surface area contributed by atoms with Crippen LogP contribution in [0.15, 0.2) is 34.3 Å². The molecular formula is C11H7BrClNO2. The summed E-state index contributed by atoms with van der Waals surface area (Å²) < 4.78 is 0.616. The van der Waals surface area contributed by atoms with E-state index in [0.717, 1.165) is 4.90 Å². The quantitative estimate of drug-likeness (QED) is 0.748. The molecule has 0 aliphatic carbocycles. The van der Waals surface area contributed by atoms with E-state index in [-0.39, 0.29) is 11.8 Å². The summed E-state index contributed by atoms with van der Waals surface area (Å²) in [6.07, 6.45) is 1.32. The van der Waals surface area contributed by atoms with Crippen LogP contribution in [0.5, 0.6) is 0 Å². The summed E-state index contributed by atoms with van der Waals surface area (Å²) in [6.45, 7) is 1.62. The highest BCUT2D eigenvalue weighted by Crippen LogP contribution is 2.32. The van der Waals surface area contributed by atoms with Gasteiger partial charge in [-0.2, -0.15) is 0 Å². The van der Waals surface area contributed by atoms with Crippen LogP contribution in [-0.2, 0) is 9.59 Å². The lowest BCUT2D eigenvalue weighted by atomic mass is 10.3. The first-order valence-electron chi connectivity index (χ1n) is 4.52. The number of hydrogen-bond donors (Lipinski definition) is 0. The number of nitrogens with zero attached hydrogens (tertiary/aromatic N) is 1. The molecule has 0 atom stereocenters. The van der Waals surface area contributed by atoms with Crippen molar-refractivity contribution in [2.24, 2.45) is 0 Å². The van der Waals surface area contributed by atoms with Crippen molar-refractivity contribution in [2.45, 2.75) is 6.92 Å². The normalized spacial score (nSPS) is 15.7. The molecule has 1 aromatic rings. The summed E-state index contributed by atoms with van der Waals surface area (Å²) in [6, 6.07) is 4.91. The van der Waals surface area contributed by atoms with Crippen molar-refractivity contribution in [2.75, 3.05) is 4.90 Å². The molecule has 3 nitrogen and oxygen atoms in total. The van der Waals surface area contributed by atoms with Gasteiger partial charge in [0.1, 0.15) is 0 Å². The molecule has 0 saturated carbocycles. The first kappa shape index (κ1) is 11.4. The molecule has 1 heterocycles. The van der Waals surface area contributed by atoms with Gasteiger partial charge in [-0.05, 0) is 41.1 Å². The second kappa shape index (κ2) is 4.03. The minimum absolute atomic E-state index is 0.298. The monoisotopic (exact) mass is 299 g/mol. The Morgan fingerprint density at radius 3 is 2.50 bits per heavy atom. The smallest absolute Gasteiger partial charge is 0.261 e. The number of carbonyl (C=O) groups excluding carboxylic acids is 2. The van der Waals surface area contributed by atoms with Gasteiger partial charge in [-0.25, -0.2) is 4.90 Å². The van der Waals surface area contributed by atoms with E-state index < -0.39 is 0 Å². The Morgan fingerprint density at radius 1 is 1.31 bits per heavy atom. The van der Waals surface area contributed by atoms with E-state index in [4.69, 9.17) is 11.6 Å². The first-order chi connectivity index (χ1) is 7.50. The predicted molar refractivity (Wildman–Crippen MR) is 65.4 cm³/mol. The summed E-state index contributed by atoms with van der Waals surface area (Å²) in [5.41, 5.74) is 0.944. The standard InChI is InChI=1S/C11H7BrClNO2/c1-6-4-10(15)14(11(6)16)9-3-2-7(13)5-8(9)12/h2-5H,1H3. The summed E-state index contributed by atoms with van der Waals surface area (Å²) in [7, 11) is 0. The highest BCUT2D eigenvalue weighted by molar-refractivity contribution is 9.10. The molecule has 1 aliphatic rings. The Morgan fingerprint density at radius 2 is 2.00 bits per heavy atom. The topological polar surface area (TPSA) is 37.4 Å². The van der Waals surface area contributed by atoms with Gasteiger partial charge in [-0.15, -0.1) is 0 Å². The summed E-state index contributed by atoms with van der Waals surface area (Å²) in [5.74, 6) is -0.626. The van der Waals surface area contributed by atoms with Crippen molar-refractivity contribution in [1.29, 1.82) is 0 Å². The van der Waals surface area contributed by atoms with Gasteiger partial charge in [0, 0.05) is 21.1 Å². The number of halogens is 2. The van der Waals surface area contributed by atoms with Crippen molar-refractivity contribution in [3.8, 4) is 0 Å². The maximum atomic E-state index is 11.7. The van der Waals surface area contributed by atoms with Crippen LogP contribution in [0.4, 0.5) is 5.69 Å². The van der Waals surface area contributed by atoms with E-state index in [2.05, 4.69) is 15.9 Å². The SMILES string of the molecule is CC1=CC(=O)N(c2ccc(Cl)cc2Br)C1=O. The van der Waals surface area contributed by atoms with Crippen LogP contribution >= 0.6 is 27.5 Å². The summed E-state index contributed by atoms with van der Waals surface area (Å²) >= 11 is 9.07. The van der Waals surface area contributed by atoms with E-state index in [9.17, 15) is 9.59 Å². The van der Waals surface area contributed by atoms with Crippen molar-refractivity contribution in [3.63, 3.8) is 0 Å². The van der Waals surface area contributed by atoms with Crippen molar-refractivity contribution < 1.29 is 9.59 Å². The first-order valence-corrected chi connectivity index (χ1v) is 5.69. The van der Waals surface area contributed by atoms with Gasteiger partial charge in [-0.1, -0.05) is 11.6 Å². The van der Waals surface area contributed by atoms with Gasteiger partial charge in [0.25, 0.3) is 11.8 Å². The van der Waals surface area contributed by atoms with Crippen molar-refractivity contribution in [3.05, 3.63) is 39.3 Å². The summed E-state index contributed by atoms with van der Waals surface area (Å²) in [4.78, 5) is 24.5. The van der Waals surface area contributed by atoms with E-state index in [1.165, 1.54) is 6.08 Å². The number of amides is 2. The van der Waals surface area contributed by atoms with Crippen LogP contribution in [0.25, 0.3) is 0 Å². The molecule has 1 aromatic carbocycles. The van der Waals surface area contributed by atoms with Crippen LogP contribution in [0.3, 0.4) is 0 Å². The third-order valence-electron chi connectivity index (χ3n) is 2.25. The molecule has 0 aromatic heterocycles. The second-order valence-electron chi connectivity index (χ2n) is 3.40. The fourth-order valence-electron chi connectivity index (χ4n) is 1.48. The zero-order valence-electron chi connectivity index (χ0n) is 8.33. The zero-order valence-corrected chi connectivity index (χ0v) is 10.7. The number of hydrogen-bond acceptors (Lipinski definition) is 2. The molecule has 5 heteroatoms. The Balaban J connectivity index is 2.47. The van der Waals surface area contributed by atoms with Crippen LogP contribution in [0, 0.1) is 0 Å². The average molecular weight is 301 g/mol. The minimum atomic E-state index is -0.328. The lowest BCUT2D eigenvalue weighted by molar-refractivity contribution is -0.120. The molecule has 16 heavy (non-hydrogen) atoms. The van der Waals surface area contributed by atoms with E-state index >= 15 is 0 Å². The fourth-order valence-corrected chi connectivity index (χ4v) is 2.34. The molecule has 0 N–H and O–H groups in total. The van der Waals surface area contributed by atoms with Crippen molar-refractivity contribution in [1.82, 2.24) is 0 Å². The van der Waals surface area contributed by atoms with E-state index in [1.807, 2.05) is 0 Å². The number of benzene rings is 1. The molecular weight excluding hydrogens is 293 g/mol. The maximum absolute atomic E-state index is 11.7. The van der Waals surface area contributed by atoms with Crippen LogP contribution in [0.1, 0.15) is 6.92 Å². The molecule has 0 radical (unpaired) electrons. The Kier molecular flexibility index (Phi) is 2.86. The molecule has 2 rings (SSSR count). The largest absolute Gasteiger partial charge is 0.269 e. The molecule has 0 unspecified atom stereocenters. The predicted octanol–water partition coefficient (Wildman–Crippen LogP) is 2.92. The number of imide groups is 1. The van der Waals surface area contributed by atoms with Gasteiger partial charge in [0.05, 0.1) is 5.69 Å². The fraction of sp³-hybridized carbons (Fsp3) is 0.0909. The van der Waals surface area contributed by atoms with Gasteiger partial charge in [0.2, 0.25) is 0 Å². The van der Waals surface area contributed by atoms with Gasteiger partial charge in [0.15, 0.2) is 0 Å². The van der Waals surface area contributed by atoms with Crippen LogP contribution in [0.2, 0.25) is 5.02 Å². The third-order valence-corrected chi connectivity index (χ3v) is 3.12. The molecule has 0 saturated heterocycles. The molecule has 0 bridgehead atoms. The second-order valence-corrected chi connectivity index (χ2v) is 4.69. The molecule has 0 spiro atoms. The Hall–Kier alpha value is -1.13. The Labute approximate surface area is 106 Å².